The lowest BCUT2D eigenvalue weighted by atomic mass is 10.2. The van der Waals surface area contributed by atoms with Crippen molar-refractivity contribution in [1.29, 1.82) is 0 Å². The van der Waals surface area contributed by atoms with Crippen molar-refractivity contribution in [2.45, 2.75) is 25.9 Å². The van der Waals surface area contributed by atoms with Crippen molar-refractivity contribution in [2.24, 2.45) is 0 Å². The van der Waals surface area contributed by atoms with Crippen molar-refractivity contribution < 1.29 is 4.79 Å². The molecule has 22 heavy (non-hydrogen) atoms. The average Bonchev–Trinajstić information content (AvgIpc) is 2.96. The second kappa shape index (κ2) is 6.71. The van der Waals surface area contributed by atoms with Crippen LogP contribution in [-0.4, -0.2) is 34.9 Å². The Morgan fingerprint density at radius 3 is 2.64 bits per heavy atom. The molecule has 0 spiro atoms. The molecule has 1 aliphatic rings. The third-order valence-corrected chi connectivity index (χ3v) is 4.18. The fourth-order valence-electron chi connectivity index (χ4n) is 3.01. The molecule has 114 valence electrons. The summed E-state index contributed by atoms with van der Waals surface area (Å²) in [6.07, 6.45) is 2.67. The van der Waals surface area contributed by atoms with E-state index in [1.807, 2.05) is 53.4 Å². The Morgan fingerprint density at radius 1 is 1.18 bits per heavy atom. The summed E-state index contributed by atoms with van der Waals surface area (Å²) in [5.41, 5.74) is 2.00. The number of amides is 1. The SMILES string of the molecule is CCN(Cc1ccccn1)[C@H]1CCN(c2ccccc2)C1=O. The fourth-order valence-corrected chi connectivity index (χ4v) is 3.01. The molecule has 2 heterocycles. The van der Waals surface area contributed by atoms with E-state index >= 15 is 0 Å². The zero-order valence-corrected chi connectivity index (χ0v) is 12.9. The first-order valence-corrected chi connectivity index (χ1v) is 7.80. The van der Waals surface area contributed by atoms with E-state index in [1.165, 1.54) is 0 Å². The topological polar surface area (TPSA) is 36.4 Å². The summed E-state index contributed by atoms with van der Waals surface area (Å²) in [4.78, 5) is 21.2. The lowest BCUT2D eigenvalue weighted by molar-refractivity contribution is -0.121. The Labute approximate surface area is 131 Å². The number of pyridine rings is 1. The van der Waals surface area contributed by atoms with Crippen LogP contribution in [0.15, 0.2) is 54.7 Å². The fraction of sp³-hybridized carbons (Fsp3) is 0.333. The molecule has 1 amide bonds. The van der Waals surface area contributed by atoms with Gasteiger partial charge in [0.25, 0.3) is 0 Å². The van der Waals surface area contributed by atoms with Gasteiger partial charge in [0.1, 0.15) is 0 Å². The number of carbonyl (C=O) groups excluding carboxylic acids is 1. The molecule has 4 heteroatoms. The van der Waals surface area contributed by atoms with E-state index in [0.717, 1.165) is 37.4 Å². The molecule has 1 fully saturated rings. The summed E-state index contributed by atoms with van der Waals surface area (Å²) < 4.78 is 0. The molecule has 0 unspecified atom stereocenters. The number of aromatic nitrogens is 1. The number of likely N-dealkylation sites (N-methyl/N-ethyl adjacent to an activating group) is 1. The molecule has 0 aliphatic carbocycles. The molecule has 1 atom stereocenters. The molecule has 1 saturated heterocycles. The Morgan fingerprint density at radius 2 is 1.95 bits per heavy atom. The van der Waals surface area contributed by atoms with Gasteiger partial charge in [-0.05, 0) is 37.2 Å². The van der Waals surface area contributed by atoms with Gasteiger partial charge >= 0.3 is 0 Å². The predicted octanol–water partition coefficient (Wildman–Crippen LogP) is 2.71. The number of benzene rings is 1. The maximum absolute atomic E-state index is 12.8. The van der Waals surface area contributed by atoms with Crippen LogP contribution >= 0.6 is 0 Å². The molecule has 1 aliphatic heterocycles. The van der Waals surface area contributed by atoms with Gasteiger partial charge in [0.05, 0.1) is 11.7 Å². The van der Waals surface area contributed by atoms with E-state index in [2.05, 4.69) is 16.8 Å². The van der Waals surface area contributed by atoms with Crippen LogP contribution in [0.5, 0.6) is 0 Å². The molecule has 0 saturated carbocycles. The first kappa shape index (κ1) is 14.7. The second-order valence-corrected chi connectivity index (χ2v) is 5.51. The van der Waals surface area contributed by atoms with E-state index in [1.54, 1.807) is 6.20 Å². The Balaban J connectivity index is 1.73. The van der Waals surface area contributed by atoms with E-state index < -0.39 is 0 Å². The summed E-state index contributed by atoms with van der Waals surface area (Å²) in [6.45, 7) is 4.44. The van der Waals surface area contributed by atoms with Crippen LogP contribution in [0.25, 0.3) is 0 Å². The molecular weight excluding hydrogens is 274 g/mol. The largest absolute Gasteiger partial charge is 0.311 e. The van der Waals surface area contributed by atoms with E-state index in [4.69, 9.17) is 0 Å². The van der Waals surface area contributed by atoms with Gasteiger partial charge in [-0.15, -0.1) is 0 Å². The summed E-state index contributed by atoms with van der Waals surface area (Å²) in [5, 5.41) is 0. The first-order valence-electron chi connectivity index (χ1n) is 7.80. The molecule has 4 nitrogen and oxygen atoms in total. The molecule has 1 aromatic carbocycles. The van der Waals surface area contributed by atoms with Crippen molar-refractivity contribution in [3.05, 3.63) is 60.4 Å². The predicted molar refractivity (Wildman–Crippen MR) is 87.5 cm³/mol. The van der Waals surface area contributed by atoms with Gasteiger partial charge in [-0.2, -0.15) is 0 Å². The van der Waals surface area contributed by atoms with Gasteiger partial charge in [0.2, 0.25) is 5.91 Å². The summed E-state index contributed by atoms with van der Waals surface area (Å²) in [7, 11) is 0. The number of hydrogen-bond donors (Lipinski definition) is 0. The highest BCUT2D eigenvalue weighted by Crippen LogP contribution is 2.24. The minimum atomic E-state index is -0.0489. The number of hydrogen-bond acceptors (Lipinski definition) is 3. The van der Waals surface area contributed by atoms with Crippen LogP contribution in [0.3, 0.4) is 0 Å². The van der Waals surface area contributed by atoms with Gasteiger partial charge in [-0.25, -0.2) is 0 Å². The second-order valence-electron chi connectivity index (χ2n) is 5.51. The van der Waals surface area contributed by atoms with Crippen molar-refractivity contribution in [3.63, 3.8) is 0 Å². The van der Waals surface area contributed by atoms with E-state index in [9.17, 15) is 4.79 Å². The van der Waals surface area contributed by atoms with Crippen molar-refractivity contribution >= 4 is 11.6 Å². The Bertz CT molecular complexity index is 615. The quantitative estimate of drug-likeness (QED) is 0.851. The molecular formula is C18H21N3O. The lowest BCUT2D eigenvalue weighted by Gasteiger charge is -2.26. The monoisotopic (exact) mass is 295 g/mol. The van der Waals surface area contributed by atoms with Crippen molar-refractivity contribution in [3.8, 4) is 0 Å². The lowest BCUT2D eigenvalue weighted by Crippen LogP contribution is -2.41. The van der Waals surface area contributed by atoms with Gasteiger partial charge in [-0.1, -0.05) is 31.2 Å². The number of para-hydroxylation sites is 1. The maximum Gasteiger partial charge on any atom is 0.244 e. The van der Waals surface area contributed by atoms with E-state index in [0.29, 0.717) is 0 Å². The van der Waals surface area contributed by atoms with E-state index in [-0.39, 0.29) is 11.9 Å². The highest BCUT2D eigenvalue weighted by molar-refractivity contribution is 5.99. The third kappa shape index (κ3) is 3.02. The molecule has 0 bridgehead atoms. The zero-order chi connectivity index (χ0) is 15.4. The van der Waals surface area contributed by atoms with Gasteiger partial charge in [-0.3, -0.25) is 14.7 Å². The minimum Gasteiger partial charge on any atom is -0.311 e. The van der Waals surface area contributed by atoms with Gasteiger partial charge in [0.15, 0.2) is 0 Å². The highest BCUT2D eigenvalue weighted by atomic mass is 16.2. The number of nitrogens with zero attached hydrogens (tertiary/aromatic N) is 3. The van der Waals surface area contributed by atoms with Crippen LogP contribution in [0.2, 0.25) is 0 Å². The standard InChI is InChI=1S/C18H21N3O/c1-2-20(14-15-8-6-7-12-19-15)17-11-13-21(18(17)22)16-9-4-3-5-10-16/h3-10,12,17H,2,11,13-14H2,1H3/t17-/m0/s1. The van der Waals surface area contributed by atoms with Crippen molar-refractivity contribution in [2.75, 3.05) is 18.0 Å². The third-order valence-electron chi connectivity index (χ3n) is 4.18. The van der Waals surface area contributed by atoms with Crippen molar-refractivity contribution in [1.82, 2.24) is 9.88 Å². The number of anilines is 1. The summed E-state index contributed by atoms with van der Waals surface area (Å²) >= 11 is 0. The summed E-state index contributed by atoms with van der Waals surface area (Å²) in [6, 6.07) is 15.8. The molecule has 2 aromatic rings. The Kier molecular flexibility index (Phi) is 4.49. The molecule has 3 rings (SSSR count). The average molecular weight is 295 g/mol. The van der Waals surface area contributed by atoms with Crippen LogP contribution < -0.4 is 4.90 Å². The van der Waals surface area contributed by atoms with Crippen LogP contribution in [0, 0.1) is 0 Å². The molecule has 1 aromatic heterocycles. The van der Waals surface area contributed by atoms with Crippen LogP contribution in [0.1, 0.15) is 19.0 Å². The summed E-state index contributed by atoms with van der Waals surface area (Å²) in [5.74, 6) is 0.198. The van der Waals surface area contributed by atoms with Gasteiger partial charge < -0.3 is 4.90 Å². The Hall–Kier alpha value is -2.20. The van der Waals surface area contributed by atoms with Gasteiger partial charge in [0, 0.05) is 25.0 Å². The molecule has 0 radical (unpaired) electrons. The highest BCUT2D eigenvalue weighted by Gasteiger charge is 2.36. The van der Waals surface area contributed by atoms with Crippen LogP contribution in [0.4, 0.5) is 5.69 Å². The zero-order valence-electron chi connectivity index (χ0n) is 12.9. The smallest absolute Gasteiger partial charge is 0.244 e. The van der Waals surface area contributed by atoms with Crippen LogP contribution in [-0.2, 0) is 11.3 Å². The number of rotatable bonds is 5. The first-order chi connectivity index (χ1) is 10.8. The molecule has 0 N–H and O–H groups in total. The maximum atomic E-state index is 12.8. The normalized spacial score (nSPS) is 18.2. The number of carbonyl (C=O) groups is 1. The minimum absolute atomic E-state index is 0.0489.